The first kappa shape index (κ1) is 10.4. The van der Waals surface area contributed by atoms with Crippen LogP contribution in [0.4, 0.5) is 0 Å². The summed E-state index contributed by atoms with van der Waals surface area (Å²) in [6.07, 6.45) is 2.11. The van der Waals surface area contributed by atoms with E-state index in [1.54, 1.807) is 0 Å². The SMILES string of the molecule is c1ccc2cc(-c3ccc4ccccn34)ccc2c1. The van der Waals surface area contributed by atoms with Crippen LogP contribution in [0, 0.1) is 0 Å². The molecule has 1 heteroatoms. The van der Waals surface area contributed by atoms with Crippen molar-refractivity contribution in [2.45, 2.75) is 0 Å². The zero-order valence-corrected chi connectivity index (χ0v) is 10.5. The summed E-state index contributed by atoms with van der Waals surface area (Å²) < 4.78 is 2.23. The third-order valence-corrected chi connectivity index (χ3v) is 3.61. The number of nitrogens with zero attached hydrogens (tertiary/aromatic N) is 1. The van der Waals surface area contributed by atoms with E-state index in [0.717, 1.165) is 0 Å². The Morgan fingerprint density at radius 2 is 1.47 bits per heavy atom. The standard InChI is InChI=1S/C18H13N/c1-2-6-15-13-16(9-8-14(15)5-1)18-11-10-17-7-3-4-12-19(17)18/h1-13H. The summed E-state index contributed by atoms with van der Waals surface area (Å²) in [6.45, 7) is 0. The molecule has 0 atom stereocenters. The van der Waals surface area contributed by atoms with Crippen LogP contribution in [0.3, 0.4) is 0 Å². The molecule has 19 heavy (non-hydrogen) atoms. The maximum Gasteiger partial charge on any atom is 0.0528 e. The van der Waals surface area contributed by atoms with Crippen LogP contribution in [0.2, 0.25) is 0 Å². The molecule has 0 N–H and O–H groups in total. The second-order valence-electron chi connectivity index (χ2n) is 4.78. The van der Waals surface area contributed by atoms with Gasteiger partial charge in [-0.05, 0) is 46.7 Å². The lowest BCUT2D eigenvalue weighted by atomic mass is 10.1. The van der Waals surface area contributed by atoms with Crippen molar-refractivity contribution in [1.29, 1.82) is 0 Å². The highest BCUT2D eigenvalue weighted by Crippen LogP contribution is 2.26. The Hall–Kier alpha value is -2.54. The average molecular weight is 243 g/mol. The van der Waals surface area contributed by atoms with Gasteiger partial charge in [-0.2, -0.15) is 0 Å². The van der Waals surface area contributed by atoms with Crippen molar-refractivity contribution >= 4 is 16.3 Å². The molecule has 2 aromatic heterocycles. The van der Waals surface area contributed by atoms with Crippen LogP contribution in [-0.4, -0.2) is 4.40 Å². The summed E-state index contributed by atoms with van der Waals surface area (Å²) in [5.74, 6) is 0. The topological polar surface area (TPSA) is 4.41 Å². The summed E-state index contributed by atoms with van der Waals surface area (Å²) in [5.41, 5.74) is 3.72. The zero-order valence-electron chi connectivity index (χ0n) is 10.5. The number of benzene rings is 2. The van der Waals surface area contributed by atoms with Crippen LogP contribution < -0.4 is 0 Å². The molecular formula is C18H13N. The monoisotopic (exact) mass is 243 g/mol. The minimum Gasteiger partial charge on any atom is -0.317 e. The molecule has 0 saturated heterocycles. The first-order chi connectivity index (χ1) is 9.42. The molecule has 0 fully saturated rings. The summed E-state index contributed by atoms with van der Waals surface area (Å²) in [5, 5.41) is 2.57. The number of aromatic nitrogens is 1. The molecular weight excluding hydrogens is 230 g/mol. The number of hydrogen-bond donors (Lipinski definition) is 0. The van der Waals surface area contributed by atoms with E-state index in [1.807, 2.05) is 0 Å². The molecule has 0 spiro atoms. The lowest BCUT2D eigenvalue weighted by molar-refractivity contribution is 1.20. The van der Waals surface area contributed by atoms with Gasteiger partial charge in [0.25, 0.3) is 0 Å². The molecule has 0 unspecified atom stereocenters. The maximum atomic E-state index is 2.25. The third kappa shape index (κ3) is 1.63. The van der Waals surface area contributed by atoms with Gasteiger partial charge in [-0.25, -0.2) is 0 Å². The fourth-order valence-electron chi connectivity index (χ4n) is 2.64. The van der Waals surface area contributed by atoms with Gasteiger partial charge in [0.1, 0.15) is 0 Å². The molecule has 0 amide bonds. The van der Waals surface area contributed by atoms with Gasteiger partial charge in [0.05, 0.1) is 5.69 Å². The van der Waals surface area contributed by atoms with Gasteiger partial charge in [0.15, 0.2) is 0 Å². The minimum absolute atomic E-state index is 1.23. The third-order valence-electron chi connectivity index (χ3n) is 3.61. The van der Waals surface area contributed by atoms with Crippen LogP contribution in [-0.2, 0) is 0 Å². The second-order valence-corrected chi connectivity index (χ2v) is 4.78. The molecule has 90 valence electrons. The average Bonchev–Trinajstić information content (AvgIpc) is 2.91. The predicted octanol–water partition coefficient (Wildman–Crippen LogP) is 4.76. The Bertz CT molecular complexity index is 871. The van der Waals surface area contributed by atoms with Crippen LogP contribution in [0.5, 0.6) is 0 Å². The lowest BCUT2D eigenvalue weighted by Crippen LogP contribution is -1.86. The van der Waals surface area contributed by atoms with Crippen molar-refractivity contribution in [1.82, 2.24) is 4.40 Å². The number of fused-ring (bicyclic) bond motifs is 2. The van der Waals surface area contributed by atoms with Crippen molar-refractivity contribution < 1.29 is 0 Å². The van der Waals surface area contributed by atoms with Crippen molar-refractivity contribution in [3.05, 3.63) is 79.0 Å². The molecule has 2 heterocycles. The van der Waals surface area contributed by atoms with E-state index >= 15 is 0 Å². The van der Waals surface area contributed by atoms with Gasteiger partial charge in [-0.3, -0.25) is 0 Å². The highest BCUT2D eigenvalue weighted by atomic mass is 14.9. The van der Waals surface area contributed by atoms with Gasteiger partial charge in [-0.15, -0.1) is 0 Å². The first-order valence-corrected chi connectivity index (χ1v) is 6.47. The molecule has 1 nitrogen and oxygen atoms in total. The Kier molecular flexibility index (Phi) is 2.18. The van der Waals surface area contributed by atoms with Crippen molar-refractivity contribution in [3.63, 3.8) is 0 Å². The molecule has 0 saturated carbocycles. The van der Waals surface area contributed by atoms with E-state index in [2.05, 4.69) is 83.4 Å². The summed E-state index contributed by atoms with van der Waals surface area (Å²) in [7, 11) is 0. The zero-order chi connectivity index (χ0) is 12.7. The molecule has 0 bridgehead atoms. The highest BCUT2D eigenvalue weighted by molar-refractivity contribution is 5.87. The Labute approximate surface area is 111 Å². The quantitative estimate of drug-likeness (QED) is 0.454. The van der Waals surface area contributed by atoms with E-state index in [4.69, 9.17) is 0 Å². The van der Waals surface area contributed by atoms with Crippen molar-refractivity contribution in [3.8, 4) is 11.3 Å². The summed E-state index contributed by atoms with van der Waals surface area (Å²) in [4.78, 5) is 0. The molecule has 0 radical (unpaired) electrons. The molecule has 4 aromatic rings. The predicted molar refractivity (Wildman–Crippen MR) is 80.3 cm³/mol. The minimum atomic E-state index is 1.23. The molecule has 0 aliphatic carbocycles. The van der Waals surface area contributed by atoms with Crippen LogP contribution in [0.1, 0.15) is 0 Å². The van der Waals surface area contributed by atoms with E-state index < -0.39 is 0 Å². The van der Waals surface area contributed by atoms with E-state index in [-0.39, 0.29) is 0 Å². The fourth-order valence-corrected chi connectivity index (χ4v) is 2.64. The van der Waals surface area contributed by atoms with Gasteiger partial charge in [0.2, 0.25) is 0 Å². The number of hydrogen-bond acceptors (Lipinski definition) is 0. The van der Waals surface area contributed by atoms with Crippen molar-refractivity contribution in [2.75, 3.05) is 0 Å². The van der Waals surface area contributed by atoms with Gasteiger partial charge >= 0.3 is 0 Å². The number of pyridine rings is 1. The lowest BCUT2D eigenvalue weighted by Gasteiger charge is -2.05. The summed E-state index contributed by atoms with van der Waals surface area (Å²) >= 11 is 0. The van der Waals surface area contributed by atoms with Gasteiger partial charge in [0, 0.05) is 11.7 Å². The van der Waals surface area contributed by atoms with Gasteiger partial charge < -0.3 is 4.40 Å². The molecule has 2 aromatic carbocycles. The molecule has 4 rings (SSSR count). The Balaban J connectivity index is 1.99. The van der Waals surface area contributed by atoms with Crippen LogP contribution in [0.15, 0.2) is 79.0 Å². The smallest absolute Gasteiger partial charge is 0.0528 e. The van der Waals surface area contributed by atoms with Crippen LogP contribution in [0.25, 0.3) is 27.5 Å². The highest BCUT2D eigenvalue weighted by Gasteiger charge is 2.04. The van der Waals surface area contributed by atoms with Gasteiger partial charge in [-0.1, -0.05) is 42.5 Å². The molecule has 0 aliphatic rings. The normalized spacial score (nSPS) is 11.2. The van der Waals surface area contributed by atoms with E-state index in [9.17, 15) is 0 Å². The Morgan fingerprint density at radius 1 is 0.632 bits per heavy atom. The van der Waals surface area contributed by atoms with Crippen LogP contribution >= 0.6 is 0 Å². The van der Waals surface area contributed by atoms with E-state index in [0.29, 0.717) is 0 Å². The Morgan fingerprint density at radius 3 is 2.42 bits per heavy atom. The maximum absolute atomic E-state index is 2.25. The largest absolute Gasteiger partial charge is 0.317 e. The number of rotatable bonds is 1. The summed E-state index contributed by atoms with van der Waals surface area (Å²) in [6, 6.07) is 25.7. The van der Waals surface area contributed by atoms with Crippen molar-refractivity contribution in [2.24, 2.45) is 0 Å². The fraction of sp³-hybridized carbons (Fsp3) is 0. The molecule has 0 aliphatic heterocycles. The first-order valence-electron chi connectivity index (χ1n) is 6.47. The second kappa shape index (κ2) is 3.99. The van der Waals surface area contributed by atoms with E-state index in [1.165, 1.54) is 27.5 Å².